The van der Waals surface area contributed by atoms with Crippen molar-refractivity contribution in [3.05, 3.63) is 24.3 Å². The second-order valence-electron chi connectivity index (χ2n) is 12.1. The summed E-state index contributed by atoms with van der Waals surface area (Å²) in [5, 5.41) is 0. The molecule has 0 aliphatic heterocycles. The number of allylic oxidation sites excluding steroid dienone is 4. The minimum absolute atomic E-state index is 0.0954. The number of phosphoric acid groups is 1. The Morgan fingerprint density at radius 3 is 1.78 bits per heavy atom. The number of hydrogen-bond donors (Lipinski definition) is 2. The first-order valence-electron chi connectivity index (χ1n) is 18.3. The molecule has 0 aromatic rings. The fraction of sp³-hybridized carbons (Fsp3) is 0.861. The molecule has 0 saturated heterocycles. The van der Waals surface area contributed by atoms with Gasteiger partial charge in [-0.3, -0.25) is 13.8 Å². The third-order valence-electron chi connectivity index (χ3n) is 7.62. The van der Waals surface area contributed by atoms with Crippen LogP contribution in [0.4, 0.5) is 0 Å². The smallest absolute Gasteiger partial charge is 0.457 e. The number of ether oxygens (including phenoxy) is 2. The van der Waals surface area contributed by atoms with Gasteiger partial charge < -0.3 is 20.1 Å². The van der Waals surface area contributed by atoms with E-state index in [1.807, 2.05) is 0 Å². The topological polar surface area (TPSA) is 117 Å². The maximum Gasteiger partial charge on any atom is 0.472 e. The number of carbonyl (C=O) groups excluding carboxylic acids is 1. The average molecular weight is 660 g/mol. The van der Waals surface area contributed by atoms with E-state index in [1.165, 1.54) is 103 Å². The molecule has 2 unspecified atom stereocenters. The largest absolute Gasteiger partial charge is 0.472 e. The van der Waals surface area contributed by atoms with E-state index in [0.717, 1.165) is 38.5 Å². The van der Waals surface area contributed by atoms with Gasteiger partial charge in [0.15, 0.2) is 0 Å². The SMILES string of the molecule is CCCCC/C=C\C/C=C\CCCCCCCCCCOCC(COP(=O)(O)OCCN)OC(=O)CCCCCCCCCC. The highest BCUT2D eigenvalue weighted by Crippen LogP contribution is 2.43. The molecular formula is C36H70NO7P. The summed E-state index contributed by atoms with van der Waals surface area (Å²) in [5.74, 6) is -0.338. The zero-order chi connectivity index (χ0) is 33.1. The maximum atomic E-state index is 12.4. The molecule has 0 radical (unpaired) electrons. The van der Waals surface area contributed by atoms with E-state index in [9.17, 15) is 14.3 Å². The Hall–Kier alpha value is -1.02. The normalized spacial score (nSPS) is 14.0. The van der Waals surface area contributed by atoms with Gasteiger partial charge in [-0.2, -0.15) is 0 Å². The van der Waals surface area contributed by atoms with Crippen LogP contribution in [0.25, 0.3) is 0 Å². The summed E-state index contributed by atoms with van der Waals surface area (Å²) in [6.45, 7) is 4.85. The molecule has 8 nitrogen and oxygen atoms in total. The monoisotopic (exact) mass is 659 g/mol. The van der Waals surface area contributed by atoms with Crippen LogP contribution in [-0.2, 0) is 27.9 Å². The lowest BCUT2D eigenvalue weighted by Gasteiger charge is -2.20. The highest BCUT2D eigenvalue weighted by Gasteiger charge is 2.25. The Bertz CT molecular complexity index is 747. The minimum atomic E-state index is -4.26. The standard InChI is InChI=1S/C36H70NO7P/c1-3-5-7-9-11-13-14-15-16-17-18-19-20-21-22-24-26-28-31-41-33-35(34-43-45(39,40)42-32-30-37)44-36(38)29-27-25-23-12-10-8-6-4-2/h11,13,15-16,35H,3-10,12,14,17-34,37H2,1-2H3,(H,39,40)/b13-11-,16-15-. The quantitative estimate of drug-likeness (QED) is 0.0299. The predicted octanol–water partition coefficient (Wildman–Crippen LogP) is 10.1. The Morgan fingerprint density at radius 2 is 1.18 bits per heavy atom. The number of unbranched alkanes of at least 4 members (excludes halogenated alkanes) is 18. The summed E-state index contributed by atoms with van der Waals surface area (Å²) in [4.78, 5) is 22.2. The molecular weight excluding hydrogens is 589 g/mol. The fourth-order valence-corrected chi connectivity index (χ4v) is 5.67. The third kappa shape index (κ3) is 34.1. The van der Waals surface area contributed by atoms with Crippen LogP contribution in [-0.4, -0.2) is 49.9 Å². The van der Waals surface area contributed by atoms with E-state index in [-0.39, 0.29) is 32.3 Å². The van der Waals surface area contributed by atoms with Crippen molar-refractivity contribution in [2.24, 2.45) is 5.73 Å². The van der Waals surface area contributed by atoms with Crippen LogP contribution >= 0.6 is 7.82 Å². The lowest BCUT2D eigenvalue weighted by Crippen LogP contribution is -2.28. The second kappa shape index (κ2) is 34.3. The first-order chi connectivity index (χ1) is 21.9. The van der Waals surface area contributed by atoms with Crippen LogP contribution in [0, 0.1) is 0 Å². The van der Waals surface area contributed by atoms with Crippen LogP contribution in [0.2, 0.25) is 0 Å². The number of rotatable bonds is 35. The van der Waals surface area contributed by atoms with Crippen molar-refractivity contribution in [2.45, 2.75) is 168 Å². The van der Waals surface area contributed by atoms with Gasteiger partial charge in [0, 0.05) is 19.6 Å². The number of nitrogens with two attached hydrogens (primary N) is 1. The van der Waals surface area contributed by atoms with Crippen LogP contribution in [0.15, 0.2) is 24.3 Å². The van der Waals surface area contributed by atoms with E-state index in [2.05, 4.69) is 38.2 Å². The molecule has 0 saturated carbocycles. The molecule has 0 aromatic heterocycles. The lowest BCUT2D eigenvalue weighted by atomic mass is 10.1. The Morgan fingerprint density at radius 1 is 0.667 bits per heavy atom. The molecule has 0 rings (SSSR count). The highest BCUT2D eigenvalue weighted by molar-refractivity contribution is 7.47. The summed E-state index contributed by atoms with van der Waals surface area (Å²) in [6, 6.07) is 0. The van der Waals surface area contributed by atoms with Crippen molar-refractivity contribution in [1.29, 1.82) is 0 Å². The van der Waals surface area contributed by atoms with Crippen molar-refractivity contribution in [1.82, 2.24) is 0 Å². The van der Waals surface area contributed by atoms with Crippen molar-refractivity contribution >= 4 is 13.8 Å². The van der Waals surface area contributed by atoms with Crippen LogP contribution in [0.3, 0.4) is 0 Å². The Labute approximate surface area is 276 Å². The summed E-state index contributed by atoms with van der Waals surface area (Å²) in [7, 11) is -4.26. The third-order valence-corrected chi connectivity index (χ3v) is 8.61. The molecule has 0 aliphatic carbocycles. The zero-order valence-electron chi connectivity index (χ0n) is 29.1. The molecule has 0 spiro atoms. The first kappa shape index (κ1) is 44.0. The fourth-order valence-electron chi connectivity index (χ4n) is 4.91. The minimum Gasteiger partial charge on any atom is -0.457 e. The molecule has 266 valence electrons. The number of hydrogen-bond acceptors (Lipinski definition) is 7. The average Bonchev–Trinajstić information content (AvgIpc) is 3.02. The van der Waals surface area contributed by atoms with Crippen molar-refractivity contribution in [3.8, 4) is 0 Å². The number of carbonyl (C=O) groups is 1. The van der Waals surface area contributed by atoms with Crippen LogP contribution < -0.4 is 5.73 Å². The predicted molar refractivity (Wildman–Crippen MR) is 187 cm³/mol. The van der Waals surface area contributed by atoms with Crippen molar-refractivity contribution in [3.63, 3.8) is 0 Å². The van der Waals surface area contributed by atoms with Crippen molar-refractivity contribution < 1.29 is 32.8 Å². The summed E-state index contributed by atoms with van der Waals surface area (Å²) >= 11 is 0. The van der Waals surface area contributed by atoms with E-state index in [1.54, 1.807) is 0 Å². The van der Waals surface area contributed by atoms with Gasteiger partial charge in [-0.1, -0.05) is 134 Å². The van der Waals surface area contributed by atoms with E-state index in [0.29, 0.717) is 13.0 Å². The zero-order valence-corrected chi connectivity index (χ0v) is 30.0. The molecule has 0 aliphatic rings. The van der Waals surface area contributed by atoms with E-state index >= 15 is 0 Å². The molecule has 3 N–H and O–H groups in total. The summed E-state index contributed by atoms with van der Waals surface area (Å²) in [5.41, 5.74) is 5.34. The number of phosphoric ester groups is 1. The first-order valence-corrected chi connectivity index (χ1v) is 19.8. The molecule has 45 heavy (non-hydrogen) atoms. The van der Waals surface area contributed by atoms with Crippen molar-refractivity contribution in [2.75, 3.05) is 33.0 Å². The van der Waals surface area contributed by atoms with Gasteiger partial charge in [0.2, 0.25) is 0 Å². The van der Waals surface area contributed by atoms with Crippen LogP contribution in [0.1, 0.15) is 162 Å². The Balaban J connectivity index is 4.02. The maximum absolute atomic E-state index is 12.4. The van der Waals surface area contributed by atoms with Gasteiger partial charge in [-0.05, 0) is 44.9 Å². The lowest BCUT2D eigenvalue weighted by molar-refractivity contribution is -0.154. The molecule has 0 bridgehead atoms. The van der Waals surface area contributed by atoms with Gasteiger partial charge in [-0.15, -0.1) is 0 Å². The van der Waals surface area contributed by atoms with Crippen LogP contribution in [0.5, 0.6) is 0 Å². The molecule has 0 amide bonds. The number of esters is 1. The van der Waals surface area contributed by atoms with Gasteiger partial charge >= 0.3 is 13.8 Å². The van der Waals surface area contributed by atoms with E-state index in [4.69, 9.17) is 24.3 Å². The van der Waals surface area contributed by atoms with Gasteiger partial charge in [0.1, 0.15) is 6.10 Å². The Kier molecular flexibility index (Phi) is 33.5. The van der Waals surface area contributed by atoms with Gasteiger partial charge in [-0.25, -0.2) is 4.57 Å². The molecule has 2 atom stereocenters. The molecule has 0 aromatic carbocycles. The molecule has 0 heterocycles. The molecule has 0 fully saturated rings. The second-order valence-corrected chi connectivity index (χ2v) is 13.5. The molecule has 9 heteroatoms. The van der Waals surface area contributed by atoms with E-state index < -0.39 is 13.9 Å². The summed E-state index contributed by atoms with van der Waals surface area (Å²) < 4.78 is 33.2. The highest BCUT2D eigenvalue weighted by atomic mass is 31.2. The van der Waals surface area contributed by atoms with Gasteiger partial charge in [0.25, 0.3) is 0 Å². The van der Waals surface area contributed by atoms with Gasteiger partial charge in [0.05, 0.1) is 19.8 Å². The summed E-state index contributed by atoms with van der Waals surface area (Å²) in [6.07, 6.45) is 34.8.